The van der Waals surface area contributed by atoms with Gasteiger partial charge < -0.3 is 20.2 Å². The molecule has 0 aliphatic carbocycles. The van der Waals surface area contributed by atoms with Crippen LogP contribution in [0.15, 0.2) is 30.5 Å². The second kappa shape index (κ2) is 9.32. The summed E-state index contributed by atoms with van der Waals surface area (Å²) in [5.74, 6) is 0.0688. The zero-order valence-corrected chi connectivity index (χ0v) is 17.9. The van der Waals surface area contributed by atoms with Crippen LogP contribution < -0.4 is 5.32 Å². The number of aliphatic carboxylic acids is 1. The van der Waals surface area contributed by atoms with Crippen LogP contribution in [0.2, 0.25) is 0 Å². The van der Waals surface area contributed by atoms with Gasteiger partial charge in [-0.1, -0.05) is 12.1 Å². The van der Waals surface area contributed by atoms with Gasteiger partial charge in [-0.15, -0.1) is 0 Å². The first-order valence-corrected chi connectivity index (χ1v) is 10.9. The highest BCUT2D eigenvalue weighted by Gasteiger charge is 2.35. The number of carboxylic acids is 1. The Morgan fingerprint density at radius 3 is 2.90 bits per heavy atom. The van der Waals surface area contributed by atoms with Gasteiger partial charge in [-0.05, 0) is 55.9 Å². The molecule has 0 aromatic carbocycles. The molecule has 2 N–H and O–H groups in total. The zero-order chi connectivity index (χ0) is 21.8. The Hall–Kier alpha value is -3.16. The molecule has 2 aliphatic rings. The summed E-state index contributed by atoms with van der Waals surface area (Å²) in [6.07, 6.45) is 5.39. The second-order valence-corrected chi connectivity index (χ2v) is 8.25. The van der Waals surface area contributed by atoms with E-state index in [0.717, 1.165) is 55.0 Å². The Bertz CT molecular complexity index is 947. The van der Waals surface area contributed by atoms with E-state index in [2.05, 4.69) is 22.4 Å². The van der Waals surface area contributed by atoms with Crippen LogP contribution in [0.1, 0.15) is 47.8 Å². The topological polar surface area (TPSA) is 98.7 Å². The number of fused-ring (bicyclic) bond motifs is 1. The Morgan fingerprint density at radius 1 is 1.26 bits per heavy atom. The van der Waals surface area contributed by atoms with E-state index in [0.29, 0.717) is 19.6 Å². The standard InChI is InChI=1S/C23H29N5O3/c1-16-6-7-18(15-25-16)20(14-21(29)30)28-13-12-27(23(28)31)11-3-5-19-9-8-17-4-2-10-24-22(17)26-19/h6-9,15,20H,2-5,10-14H2,1H3,(H,24,26)(H,29,30). The fraction of sp³-hybridized carbons (Fsp3) is 0.478. The number of hydrogen-bond donors (Lipinski definition) is 2. The number of pyridine rings is 2. The lowest BCUT2D eigenvalue weighted by molar-refractivity contribution is -0.138. The molecule has 8 nitrogen and oxygen atoms in total. The maximum absolute atomic E-state index is 13.0. The molecule has 164 valence electrons. The van der Waals surface area contributed by atoms with Crippen LogP contribution in [0.4, 0.5) is 10.6 Å². The molecule has 1 atom stereocenters. The molecule has 0 radical (unpaired) electrons. The molecule has 2 aromatic heterocycles. The van der Waals surface area contributed by atoms with E-state index < -0.39 is 12.0 Å². The third kappa shape index (κ3) is 4.95. The van der Waals surface area contributed by atoms with Gasteiger partial charge >= 0.3 is 12.0 Å². The Morgan fingerprint density at radius 2 is 2.13 bits per heavy atom. The number of aryl methyl sites for hydroxylation is 3. The summed E-state index contributed by atoms with van der Waals surface area (Å²) >= 11 is 0. The summed E-state index contributed by atoms with van der Waals surface area (Å²) in [5, 5.41) is 12.7. The number of nitrogens with zero attached hydrogens (tertiary/aromatic N) is 4. The van der Waals surface area contributed by atoms with Crippen molar-refractivity contribution in [1.29, 1.82) is 0 Å². The van der Waals surface area contributed by atoms with Gasteiger partial charge in [-0.3, -0.25) is 9.78 Å². The summed E-state index contributed by atoms with van der Waals surface area (Å²) in [4.78, 5) is 36.9. The number of nitrogens with one attached hydrogen (secondary N) is 1. The van der Waals surface area contributed by atoms with Crippen molar-refractivity contribution in [2.75, 3.05) is 31.5 Å². The Kier molecular flexibility index (Phi) is 6.34. The van der Waals surface area contributed by atoms with Crippen LogP contribution in [0.5, 0.6) is 0 Å². The molecule has 2 aromatic rings. The Balaban J connectivity index is 1.36. The van der Waals surface area contributed by atoms with Crippen LogP contribution in [0, 0.1) is 6.92 Å². The third-order valence-corrected chi connectivity index (χ3v) is 6.00. The van der Waals surface area contributed by atoms with E-state index in [1.54, 1.807) is 11.1 Å². The van der Waals surface area contributed by atoms with E-state index >= 15 is 0 Å². The summed E-state index contributed by atoms with van der Waals surface area (Å²) in [7, 11) is 0. The number of aromatic nitrogens is 2. The lowest BCUT2D eigenvalue weighted by atomic mass is 10.0. The second-order valence-electron chi connectivity index (χ2n) is 8.25. The van der Waals surface area contributed by atoms with Gasteiger partial charge in [0.2, 0.25) is 0 Å². The smallest absolute Gasteiger partial charge is 0.320 e. The maximum atomic E-state index is 13.0. The molecule has 2 amide bonds. The van der Waals surface area contributed by atoms with Crippen LogP contribution in [-0.4, -0.2) is 63.1 Å². The van der Waals surface area contributed by atoms with Crippen molar-refractivity contribution < 1.29 is 14.7 Å². The minimum atomic E-state index is -0.927. The number of carboxylic acid groups (broad SMARTS) is 1. The lowest BCUT2D eigenvalue weighted by Crippen LogP contribution is -2.36. The molecule has 1 fully saturated rings. The van der Waals surface area contributed by atoms with Gasteiger partial charge in [-0.25, -0.2) is 9.78 Å². The number of amides is 2. The molecular weight excluding hydrogens is 394 g/mol. The molecule has 1 saturated heterocycles. The minimum Gasteiger partial charge on any atom is -0.481 e. The van der Waals surface area contributed by atoms with Crippen molar-refractivity contribution in [3.05, 3.63) is 53.0 Å². The summed E-state index contributed by atoms with van der Waals surface area (Å²) in [6.45, 7) is 4.61. The molecule has 31 heavy (non-hydrogen) atoms. The van der Waals surface area contributed by atoms with Crippen LogP contribution in [-0.2, 0) is 17.6 Å². The van der Waals surface area contributed by atoms with Gasteiger partial charge in [0.1, 0.15) is 5.82 Å². The van der Waals surface area contributed by atoms with Crippen molar-refractivity contribution in [2.24, 2.45) is 0 Å². The first kappa shape index (κ1) is 21.1. The largest absolute Gasteiger partial charge is 0.481 e. The fourth-order valence-corrected chi connectivity index (χ4v) is 4.31. The van der Waals surface area contributed by atoms with Gasteiger partial charge in [0.05, 0.1) is 12.5 Å². The highest BCUT2D eigenvalue weighted by atomic mass is 16.4. The van der Waals surface area contributed by atoms with Crippen molar-refractivity contribution in [1.82, 2.24) is 19.8 Å². The SMILES string of the molecule is Cc1ccc(C(CC(=O)O)N2CCN(CCCc3ccc4c(n3)NCCC4)C2=O)cn1. The molecule has 1 unspecified atom stereocenters. The quantitative estimate of drug-likeness (QED) is 0.677. The normalized spacial score (nSPS) is 16.7. The molecule has 0 bridgehead atoms. The molecular formula is C23H29N5O3. The highest BCUT2D eigenvalue weighted by Crippen LogP contribution is 2.28. The van der Waals surface area contributed by atoms with Gasteiger partial charge in [0.25, 0.3) is 0 Å². The van der Waals surface area contributed by atoms with Gasteiger partial charge in [-0.2, -0.15) is 0 Å². The van der Waals surface area contributed by atoms with E-state index in [9.17, 15) is 14.7 Å². The average molecular weight is 424 g/mol. The molecule has 2 aliphatic heterocycles. The van der Waals surface area contributed by atoms with E-state index in [1.807, 2.05) is 24.0 Å². The number of urea groups is 1. The lowest BCUT2D eigenvalue weighted by Gasteiger charge is -2.27. The van der Waals surface area contributed by atoms with E-state index in [4.69, 9.17) is 4.98 Å². The predicted molar refractivity (Wildman–Crippen MR) is 117 cm³/mol. The maximum Gasteiger partial charge on any atom is 0.320 e. The van der Waals surface area contributed by atoms with Crippen LogP contribution in [0.25, 0.3) is 0 Å². The van der Waals surface area contributed by atoms with Crippen molar-refractivity contribution in [2.45, 2.75) is 45.1 Å². The van der Waals surface area contributed by atoms with E-state index in [1.165, 1.54) is 5.56 Å². The molecule has 8 heteroatoms. The number of hydrogen-bond acceptors (Lipinski definition) is 5. The zero-order valence-electron chi connectivity index (χ0n) is 17.9. The molecule has 0 saturated carbocycles. The van der Waals surface area contributed by atoms with Crippen LogP contribution in [0.3, 0.4) is 0 Å². The first-order chi connectivity index (χ1) is 15.0. The fourth-order valence-electron chi connectivity index (χ4n) is 4.31. The summed E-state index contributed by atoms with van der Waals surface area (Å²) in [5.41, 5.74) is 3.92. The van der Waals surface area contributed by atoms with Gasteiger partial charge in [0, 0.05) is 43.8 Å². The number of carbonyl (C=O) groups excluding carboxylic acids is 1. The monoisotopic (exact) mass is 423 g/mol. The average Bonchev–Trinajstić information content (AvgIpc) is 3.13. The van der Waals surface area contributed by atoms with Crippen molar-refractivity contribution in [3.63, 3.8) is 0 Å². The minimum absolute atomic E-state index is 0.105. The first-order valence-electron chi connectivity index (χ1n) is 10.9. The Labute approximate surface area is 182 Å². The predicted octanol–water partition coefficient (Wildman–Crippen LogP) is 3.03. The molecule has 0 spiro atoms. The van der Waals surface area contributed by atoms with Crippen LogP contribution >= 0.6 is 0 Å². The van der Waals surface area contributed by atoms with Crippen molar-refractivity contribution >= 4 is 17.8 Å². The third-order valence-electron chi connectivity index (χ3n) is 6.00. The molecule has 4 heterocycles. The molecule has 4 rings (SSSR count). The van der Waals surface area contributed by atoms with E-state index in [-0.39, 0.29) is 12.5 Å². The number of carbonyl (C=O) groups is 2. The summed E-state index contributed by atoms with van der Waals surface area (Å²) in [6, 6.07) is 7.34. The van der Waals surface area contributed by atoms with Crippen molar-refractivity contribution in [3.8, 4) is 0 Å². The summed E-state index contributed by atoms with van der Waals surface area (Å²) < 4.78 is 0. The highest BCUT2D eigenvalue weighted by molar-refractivity contribution is 5.78. The number of rotatable bonds is 8. The van der Waals surface area contributed by atoms with Gasteiger partial charge in [0.15, 0.2) is 0 Å². The number of anilines is 1.